The molecule has 0 bridgehead atoms. The van der Waals surface area contributed by atoms with Crippen LogP contribution in [-0.2, 0) is 0 Å². The average Bonchev–Trinajstić information content (AvgIpc) is 1.84. The molecule has 0 aliphatic heterocycles. The largest absolute Gasteiger partial charge is 0.395 e. The van der Waals surface area contributed by atoms with Crippen molar-refractivity contribution in [1.82, 2.24) is 0 Å². The summed E-state index contributed by atoms with van der Waals surface area (Å²) in [4.78, 5) is 0. The van der Waals surface area contributed by atoms with Crippen LogP contribution in [0, 0.1) is 5.92 Å². The fourth-order valence-electron chi connectivity index (χ4n) is 0.602. The van der Waals surface area contributed by atoms with Gasteiger partial charge in [0.2, 0.25) is 0 Å². The normalized spacial score (nSPS) is 18.0. The molecule has 0 aliphatic rings. The molecule has 0 heterocycles. The van der Waals surface area contributed by atoms with E-state index in [4.69, 9.17) is 15.9 Å². The van der Waals surface area contributed by atoms with Crippen molar-refractivity contribution in [1.29, 1.82) is 0 Å². The maximum absolute atomic E-state index is 9.11. The molecule has 0 aromatic rings. The highest BCUT2D eigenvalue weighted by Gasteiger charge is 2.16. The molecule has 0 saturated carbocycles. The van der Waals surface area contributed by atoms with Crippen LogP contribution in [0.2, 0.25) is 0 Å². The van der Waals surface area contributed by atoms with E-state index in [0.717, 1.165) is 0 Å². The Labute approximate surface area is 55.5 Å². The SMILES string of the molecule is CC(C)C(O)[C@H](N)CO. The number of hydrogen-bond donors (Lipinski definition) is 3. The molecule has 0 aliphatic carbocycles. The molecule has 1 unspecified atom stereocenters. The van der Waals surface area contributed by atoms with Gasteiger partial charge in [-0.25, -0.2) is 0 Å². The first-order chi connectivity index (χ1) is 4.09. The first-order valence-electron chi connectivity index (χ1n) is 3.14. The molecule has 0 fully saturated rings. The standard InChI is InChI=1S/C6H15NO2/c1-4(2)6(9)5(7)3-8/h4-6,8-9H,3,7H2,1-2H3/t5-,6?/m1/s1. The molecular weight excluding hydrogens is 118 g/mol. The highest BCUT2D eigenvalue weighted by Crippen LogP contribution is 2.03. The predicted octanol–water partition coefficient (Wildman–Crippen LogP) is -0.677. The predicted molar refractivity (Wildman–Crippen MR) is 35.9 cm³/mol. The molecule has 3 heteroatoms. The van der Waals surface area contributed by atoms with Crippen LogP contribution >= 0.6 is 0 Å². The van der Waals surface area contributed by atoms with Gasteiger partial charge < -0.3 is 15.9 Å². The molecule has 4 N–H and O–H groups in total. The summed E-state index contributed by atoms with van der Waals surface area (Å²) in [5.74, 6) is 0.118. The molecule has 0 amide bonds. The second-order valence-electron chi connectivity index (χ2n) is 2.58. The zero-order valence-corrected chi connectivity index (χ0v) is 5.91. The van der Waals surface area contributed by atoms with Crippen molar-refractivity contribution in [3.63, 3.8) is 0 Å². The van der Waals surface area contributed by atoms with Crippen LogP contribution in [0.1, 0.15) is 13.8 Å². The van der Waals surface area contributed by atoms with Crippen LogP contribution in [0.25, 0.3) is 0 Å². The summed E-state index contributed by atoms with van der Waals surface area (Å²) >= 11 is 0. The Morgan fingerprint density at radius 1 is 1.44 bits per heavy atom. The summed E-state index contributed by atoms with van der Waals surface area (Å²) in [6.45, 7) is 3.57. The van der Waals surface area contributed by atoms with Gasteiger partial charge in [-0.3, -0.25) is 0 Å². The lowest BCUT2D eigenvalue weighted by Crippen LogP contribution is -2.40. The molecule has 0 saturated heterocycles. The quantitative estimate of drug-likeness (QED) is 0.478. The van der Waals surface area contributed by atoms with Crippen molar-refractivity contribution in [3.8, 4) is 0 Å². The van der Waals surface area contributed by atoms with Crippen LogP contribution in [0.15, 0.2) is 0 Å². The number of rotatable bonds is 3. The second kappa shape index (κ2) is 3.82. The molecule has 0 aromatic heterocycles. The minimum atomic E-state index is -0.588. The Bertz CT molecular complexity index is 75.5. The summed E-state index contributed by atoms with van der Waals surface area (Å²) in [6.07, 6.45) is -0.588. The highest BCUT2D eigenvalue weighted by molar-refractivity contribution is 4.72. The number of hydrogen-bond acceptors (Lipinski definition) is 3. The lowest BCUT2D eigenvalue weighted by molar-refractivity contribution is 0.0718. The Morgan fingerprint density at radius 2 is 1.89 bits per heavy atom. The first kappa shape index (κ1) is 8.88. The van der Waals surface area contributed by atoms with Gasteiger partial charge in [0.25, 0.3) is 0 Å². The third kappa shape index (κ3) is 2.79. The Kier molecular flexibility index (Phi) is 3.77. The zero-order chi connectivity index (χ0) is 7.44. The molecule has 56 valence electrons. The van der Waals surface area contributed by atoms with Crippen LogP contribution in [0.3, 0.4) is 0 Å². The van der Waals surface area contributed by atoms with Crippen LogP contribution < -0.4 is 5.73 Å². The minimum Gasteiger partial charge on any atom is -0.395 e. The molecule has 0 spiro atoms. The van der Waals surface area contributed by atoms with E-state index in [1.807, 2.05) is 13.8 Å². The van der Waals surface area contributed by atoms with E-state index < -0.39 is 12.1 Å². The van der Waals surface area contributed by atoms with E-state index in [9.17, 15) is 0 Å². The number of aliphatic hydroxyl groups is 2. The number of aliphatic hydroxyl groups excluding tert-OH is 2. The third-order valence-electron chi connectivity index (χ3n) is 1.33. The van der Waals surface area contributed by atoms with Crippen molar-refractivity contribution in [2.24, 2.45) is 11.7 Å². The lowest BCUT2D eigenvalue weighted by Gasteiger charge is -2.19. The van der Waals surface area contributed by atoms with Gasteiger partial charge in [0.05, 0.1) is 18.8 Å². The van der Waals surface area contributed by atoms with Gasteiger partial charge in [-0.05, 0) is 5.92 Å². The van der Waals surface area contributed by atoms with E-state index in [1.165, 1.54) is 0 Å². The van der Waals surface area contributed by atoms with Gasteiger partial charge in [-0.1, -0.05) is 13.8 Å². The lowest BCUT2D eigenvalue weighted by atomic mass is 10.0. The molecule has 2 atom stereocenters. The van der Waals surface area contributed by atoms with Gasteiger partial charge in [-0.2, -0.15) is 0 Å². The zero-order valence-electron chi connectivity index (χ0n) is 5.91. The van der Waals surface area contributed by atoms with Gasteiger partial charge in [0.1, 0.15) is 0 Å². The third-order valence-corrected chi connectivity index (χ3v) is 1.33. The molecule has 0 rings (SSSR count). The minimum absolute atomic E-state index is 0.118. The average molecular weight is 133 g/mol. The van der Waals surface area contributed by atoms with Crippen LogP contribution in [0.4, 0.5) is 0 Å². The van der Waals surface area contributed by atoms with E-state index in [1.54, 1.807) is 0 Å². The summed E-state index contributed by atoms with van der Waals surface area (Å²) in [7, 11) is 0. The van der Waals surface area contributed by atoms with Gasteiger partial charge in [0, 0.05) is 0 Å². The molecular formula is C6H15NO2. The Morgan fingerprint density at radius 3 is 2.00 bits per heavy atom. The smallest absolute Gasteiger partial charge is 0.0736 e. The monoisotopic (exact) mass is 133 g/mol. The summed E-state index contributed by atoms with van der Waals surface area (Å²) in [5.41, 5.74) is 5.32. The van der Waals surface area contributed by atoms with Crippen molar-refractivity contribution in [2.45, 2.75) is 26.0 Å². The summed E-state index contributed by atoms with van der Waals surface area (Å²) in [6, 6.07) is -0.495. The molecule has 9 heavy (non-hydrogen) atoms. The fraction of sp³-hybridized carbons (Fsp3) is 1.00. The van der Waals surface area contributed by atoms with Crippen molar-refractivity contribution >= 4 is 0 Å². The van der Waals surface area contributed by atoms with E-state index in [-0.39, 0.29) is 12.5 Å². The first-order valence-corrected chi connectivity index (χ1v) is 3.14. The van der Waals surface area contributed by atoms with Gasteiger partial charge in [-0.15, -0.1) is 0 Å². The summed E-state index contributed by atoms with van der Waals surface area (Å²) < 4.78 is 0. The van der Waals surface area contributed by atoms with Crippen LogP contribution in [0.5, 0.6) is 0 Å². The molecule has 3 nitrogen and oxygen atoms in total. The van der Waals surface area contributed by atoms with Crippen LogP contribution in [-0.4, -0.2) is 29.0 Å². The highest BCUT2D eigenvalue weighted by atomic mass is 16.3. The van der Waals surface area contributed by atoms with E-state index in [2.05, 4.69) is 0 Å². The fourth-order valence-corrected chi connectivity index (χ4v) is 0.602. The second-order valence-corrected chi connectivity index (χ2v) is 2.58. The van der Waals surface area contributed by atoms with Gasteiger partial charge >= 0.3 is 0 Å². The Balaban J connectivity index is 3.58. The van der Waals surface area contributed by atoms with Gasteiger partial charge in [0.15, 0.2) is 0 Å². The topological polar surface area (TPSA) is 66.5 Å². The molecule has 0 aromatic carbocycles. The maximum atomic E-state index is 9.11. The van der Waals surface area contributed by atoms with E-state index in [0.29, 0.717) is 0 Å². The van der Waals surface area contributed by atoms with E-state index >= 15 is 0 Å². The molecule has 0 radical (unpaired) electrons. The Hall–Kier alpha value is -0.120. The van der Waals surface area contributed by atoms with Crippen molar-refractivity contribution in [3.05, 3.63) is 0 Å². The van der Waals surface area contributed by atoms with Crippen molar-refractivity contribution < 1.29 is 10.2 Å². The maximum Gasteiger partial charge on any atom is 0.0736 e. The van der Waals surface area contributed by atoms with Crippen molar-refractivity contribution in [2.75, 3.05) is 6.61 Å². The number of nitrogens with two attached hydrogens (primary N) is 1. The summed E-state index contributed by atoms with van der Waals surface area (Å²) in [5, 5.41) is 17.6.